The third-order valence-electron chi connectivity index (χ3n) is 5.66. The van der Waals surface area contributed by atoms with Crippen LogP contribution in [0.25, 0.3) is 0 Å². The largest absolute Gasteiger partial charge is 0.463 e. The second kappa shape index (κ2) is 16.6. The molecule has 0 aliphatic heterocycles. The highest BCUT2D eigenvalue weighted by Gasteiger charge is 2.19. The van der Waals surface area contributed by atoms with Gasteiger partial charge in [-0.05, 0) is 24.3 Å². The summed E-state index contributed by atoms with van der Waals surface area (Å²) in [6.07, 6.45) is 0.637. The molecule has 0 bridgehead atoms. The van der Waals surface area contributed by atoms with Gasteiger partial charge >= 0.3 is 11.9 Å². The first-order valence-corrected chi connectivity index (χ1v) is 12.8. The number of anilines is 2. The second-order valence-electron chi connectivity index (χ2n) is 9.72. The van der Waals surface area contributed by atoms with Crippen molar-refractivity contribution in [2.45, 2.75) is 26.7 Å². The quantitative estimate of drug-likeness (QED) is 0.217. The first-order valence-electron chi connectivity index (χ1n) is 12.8. The van der Waals surface area contributed by atoms with Crippen LogP contribution in [0.1, 0.15) is 26.7 Å². The SMILES string of the molecule is CN(CCC(=O)OCCOCC(C)(C)COCCOC(=O)CCN(C)c1ccccc1)c1ccccc1. The van der Waals surface area contributed by atoms with Gasteiger partial charge in [0, 0.05) is 44.0 Å². The maximum absolute atomic E-state index is 12.0. The zero-order valence-electron chi connectivity index (χ0n) is 22.7. The Morgan fingerprint density at radius 3 is 1.41 bits per heavy atom. The molecular weight excluding hydrogens is 472 g/mol. The Balaban J connectivity index is 1.46. The van der Waals surface area contributed by atoms with Gasteiger partial charge in [-0.3, -0.25) is 9.59 Å². The van der Waals surface area contributed by atoms with E-state index in [4.69, 9.17) is 18.9 Å². The third-order valence-corrected chi connectivity index (χ3v) is 5.66. The number of ether oxygens (including phenoxy) is 4. The summed E-state index contributed by atoms with van der Waals surface area (Å²) in [5.41, 5.74) is 1.91. The lowest BCUT2D eigenvalue weighted by Gasteiger charge is -2.24. The molecule has 37 heavy (non-hydrogen) atoms. The Kier molecular flexibility index (Phi) is 13.5. The summed E-state index contributed by atoms with van der Waals surface area (Å²) in [6.45, 7) is 7.29. The predicted molar refractivity (Wildman–Crippen MR) is 146 cm³/mol. The fourth-order valence-electron chi connectivity index (χ4n) is 3.45. The molecule has 0 saturated heterocycles. The lowest BCUT2D eigenvalue weighted by molar-refractivity contribution is -0.145. The summed E-state index contributed by atoms with van der Waals surface area (Å²) in [5.74, 6) is -0.481. The van der Waals surface area contributed by atoms with E-state index in [0.717, 1.165) is 11.4 Å². The zero-order valence-corrected chi connectivity index (χ0v) is 22.7. The third kappa shape index (κ3) is 13.1. The number of para-hydroxylation sites is 2. The number of carbonyl (C=O) groups excluding carboxylic acids is 2. The van der Waals surface area contributed by atoms with Crippen LogP contribution in [0.15, 0.2) is 60.7 Å². The first-order chi connectivity index (χ1) is 17.8. The summed E-state index contributed by atoms with van der Waals surface area (Å²) in [6, 6.07) is 19.8. The highest BCUT2D eigenvalue weighted by atomic mass is 16.6. The number of hydrogen-bond acceptors (Lipinski definition) is 8. The van der Waals surface area contributed by atoms with Gasteiger partial charge in [-0.2, -0.15) is 0 Å². The molecule has 204 valence electrons. The van der Waals surface area contributed by atoms with Crippen LogP contribution in [0.4, 0.5) is 11.4 Å². The Morgan fingerprint density at radius 2 is 1.03 bits per heavy atom. The Labute approximate surface area is 221 Å². The van der Waals surface area contributed by atoms with Gasteiger partial charge < -0.3 is 28.7 Å². The fourth-order valence-corrected chi connectivity index (χ4v) is 3.45. The average Bonchev–Trinajstić information content (AvgIpc) is 2.90. The second-order valence-corrected chi connectivity index (χ2v) is 9.72. The number of benzene rings is 2. The highest BCUT2D eigenvalue weighted by molar-refractivity contribution is 5.70. The highest BCUT2D eigenvalue weighted by Crippen LogP contribution is 2.16. The molecule has 2 aromatic carbocycles. The molecule has 8 nitrogen and oxygen atoms in total. The van der Waals surface area contributed by atoms with E-state index >= 15 is 0 Å². The van der Waals surface area contributed by atoms with Crippen LogP contribution in [-0.2, 0) is 28.5 Å². The van der Waals surface area contributed by atoms with Crippen LogP contribution in [0, 0.1) is 5.41 Å². The van der Waals surface area contributed by atoms with Crippen molar-refractivity contribution >= 4 is 23.3 Å². The molecule has 0 aromatic heterocycles. The van der Waals surface area contributed by atoms with E-state index in [0.29, 0.717) is 52.4 Å². The van der Waals surface area contributed by atoms with Gasteiger partial charge in [0.15, 0.2) is 0 Å². The topological polar surface area (TPSA) is 77.5 Å². The smallest absolute Gasteiger partial charge is 0.307 e. The Bertz CT molecular complexity index is 834. The fraction of sp³-hybridized carbons (Fsp3) is 0.517. The van der Waals surface area contributed by atoms with E-state index in [2.05, 4.69) is 0 Å². The van der Waals surface area contributed by atoms with E-state index in [1.54, 1.807) is 0 Å². The van der Waals surface area contributed by atoms with Crippen LogP contribution in [0.5, 0.6) is 0 Å². The van der Waals surface area contributed by atoms with Crippen molar-refractivity contribution in [1.29, 1.82) is 0 Å². The summed E-state index contributed by atoms with van der Waals surface area (Å²) in [5, 5.41) is 0. The number of carbonyl (C=O) groups is 2. The van der Waals surface area contributed by atoms with Gasteiger partial charge in [0.2, 0.25) is 0 Å². The molecule has 0 saturated carbocycles. The summed E-state index contributed by atoms with van der Waals surface area (Å²) in [4.78, 5) is 28.0. The van der Waals surface area contributed by atoms with E-state index < -0.39 is 0 Å². The van der Waals surface area contributed by atoms with Crippen molar-refractivity contribution < 1.29 is 28.5 Å². The monoisotopic (exact) mass is 514 g/mol. The molecule has 2 aromatic rings. The van der Waals surface area contributed by atoms with Crippen LogP contribution < -0.4 is 9.80 Å². The molecule has 0 atom stereocenters. The molecule has 0 N–H and O–H groups in total. The number of rotatable bonds is 18. The maximum atomic E-state index is 12.0. The molecule has 2 rings (SSSR count). The molecule has 0 heterocycles. The summed E-state index contributed by atoms with van der Waals surface area (Å²) < 4.78 is 21.9. The normalized spacial score (nSPS) is 11.1. The van der Waals surface area contributed by atoms with Crippen molar-refractivity contribution in [3.8, 4) is 0 Å². The lowest BCUT2D eigenvalue weighted by atomic mass is 9.96. The number of nitrogens with zero attached hydrogens (tertiary/aromatic N) is 2. The van der Waals surface area contributed by atoms with Gasteiger partial charge in [0.1, 0.15) is 13.2 Å². The molecule has 0 spiro atoms. The first kappa shape index (κ1) is 30.1. The maximum Gasteiger partial charge on any atom is 0.307 e. The summed E-state index contributed by atoms with van der Waals surface area (Å²) >= 11 is 0. The molecule has 0 amide bonds. The molecule has 0 aliphatic carbocycles. The molecule has 8 heteroatoms. The molecule has 0 aliphatic rings. The van der Waals surface area contributed by atoms with E-state index in [9.17, 15) is 9.59 Å². The number of esters is 2. The zero-order chi connectivity index (χ0) is 26.9. The van der Waals surface area contributed by atoms with Crippen molar-refractivity contribution in [1.82, 2.24) is 0 Å². The van der Waals surface area contributed by atoms with Gasteiger partial charge in [-0.1, -0.05) is 50.2 Å². The van der Waals surface area contributed by atoms with Gasteiger partial charge in [0.25, 0.3) is 0 Å². The van der Waals surface area contributed by atoms with Gasteiger partial charge in [-0.25, -0.2) is 0 Å². The molecule has 0 radical (unpaired) electrons. The standard InChI is InChI=1S/C29H42N2O6/c1-29(2,23-34-19-21-36-27(32)15-17-30(3)25-11-7-5-8-12-25)24-35-20-22-37-28(33)16-18-31(4)26-13-9-6-10-14-26/h5-14H,15-24H2,1-4H3. The number of hydrogen-bond donors (Lipinski definition) is 0. The minimum absolute atomic E-state index is 0.217. The van der Waals surface area contributed by atoms with Crippen molar-refractivity contribution in [2.75, 3.05) is 76.6 Å². The van der Waals surface area contributed by atoms with Crippen molar-refractivity contribution in [2.24, 2.45) is 5.41 Å². The molecule has 0 fully saturated rings. The minimum Gasteiger partial charge on any atom is -0.463 e. The van der Waals surface area contributed by atoms with Crippen LogP contribution in [-0.4, -0.2) is 78.8 Å². The van der Waals surface area contributed by atoms with Gasteiger partial charge in [-0.15, -0.1) is 0 Å². The molecular formula is C29H42N2O6. The van der Waals surface area contributed by atoms with Crippen LogP contribution >= 0.6 is 0 Å². The van der Waals surface area contributed by atoms with Crippen LogP contribution in [0.2, 0.25) is 0 Å². The van der Waals surface area contributed by atoms with E-state index in [1.807, 2.05) is 98.4 Å². The Morgan fingerprint density at radius 1 is 0.649 bits per heavy atom. The minimum atomic E-state index is -0.241. The lowest BCUT2D eigenvalue weighted by Crippen LogP contribution is -2.28. The van der Waals surface area contributed by atoms with Crippen LogP contribution in [0.3, 0.4) is 0 Å². The van der Waals surface area contributed by atoms with Crippen molar-refractivity contribution in [3.05, 3.63) is 60.7 Å². The van der Waals surface area contributed by atoms with E-state index in [-0.39, 0.29) is 30.6 Å². The predicted octanol–water partition coefficient (Wildman–Crippen LogP) is 4.19. The van der Waals surface area contributed by atoms with Crippen molar-refractivity contribution in [3.63, 3.8) is 0 Å². The average molecular weight is 515 g/mol. The summed E-state index contributed by atoms with van der Waals surface area (Å²) in [7, 11) is 3.90. The molecule has 0 unspecified atom stereocenters. The van der Waals surface area contributed by atoms with E-state index in [1.165, 1.54) is 0 Å². The van der Waals surface area contributed by atoms with Gasteiger partial charge in [0.05, 0.1) is 39.3 Å². The Hall–Kier alpha value is -3.10.